The third kappa shape index (κ3) is 4.30. The molecule has 0 nitrogen and oxygen atoms in total. The summed E-state index contributed by atoms with van der Waals surface area (Å²) in [6.45, 7) is 2.16. The number of alkyl halides is 1. The fourth-order valence-electron chi connectivity index (χ4n) is 1.34. The molecule has 1 rings (SSSR count). The highest BCUT2D eigenvalue weighted by atomic mass is 79.9. The molecule has 0 saturated carbocycles. The van der Waals surface area contributed by atoms with Gasteiger partial charge < -0.3 is 0 Å². The third-order valence-corrected chi connectivity index (χ3v) is 2.67. The Morgan fingerprint density at radius 1 is 1.50 bits per heavy atom. The fourth-order valence-corrected chi connectivity index (χ4v) is 1.78. The lowest BCUT2D eigenvalue weighted by Crippen LogP contribution is -1.86. The molecule has 0 spiro atoms. The Hall–Kier alpha value is -0.270. The first-order valence-electron chi connectivity index (χ1n) is 4.68. The van der Waals surface area contributed by atoms with Gasteiger partial charge in [0.15, 0.2) is 0 Å². The molecule has 76 valence electrons. The average molecular weight is 274 g/mol. The Morgan fingerprint density at radius 3 is 2.93 bits per heavy atom. The van der Waals surface area contributed by atoms with Crippen molar-refractivity contribution >= 4 is 27.5 Å². The first kappa shape index (κ1) is 11.8. The van der Waals surface area contributed by atoms with E-state index in [1.165, 1.54) is 11.1 Å². The van der Waals surface area contributed by atoms with Gasteiger partial charge in [0.25, 0.3) is 0 Å². The van der Waals surface area contributed by atoms with Gasteiger partial charge in [-0.3, -0.25) is 0 Å². The van der Waals surface area contributed by atoms with Crippen LogP contribution in [0.4, 0.5) is 0 Å². The molecule has 0 unspecified atom stereocenters. The van der Waals surface area contributed by atoms with Gasteiger partial charge in [-0.15, -0.1) is 0 Å². The van der Waals surface area contributed by atoms with Gasteiger partial charge in [0, 0.05) is 10.4 Å². The molecule has 0 saturated heterocycles. The zero-order chi connectivity index (χ0) is 10.4. The maximum Gasteiger partial charge on any atom is 0.0408 e. The highest BCUT2D eigenvalue weighted by Crippen LogP contribution is 2.14. The molecular weight excluding hydrogens is 259 g/mol. The molecule has 0 aliphatic heterocycles. The SMILES string of the molecule is CC(=CCCBr)Cc1cccc(Cl)c1. The van der Waals surface area contributed by atoms with Crippen LogP contribution in [-0.4, -0.2) is 5.33 Å². The number of hydrogen-bond acceptors (Lipinski definition) is 0. The molecule has 0 radical (unpaired) electrons. The van der Waals surface area contributed by atoms with E-state index >= 15 is 0 Å². The van der Waals surface area contributed by atoms with Gasteiger partial charge in [-0.05, 0) is 37.5 Å². The molecular formula is C12H14BrCl. The Labute approximate surface area is 99.1 Å². The van der Waals surface area contributed by atoms with Crippen LogP contribution >= 0.6 is 27.5 Å². The number of halogens is 2. The predicted octanol–water partition coefficient (Wildman–Crippen LogP) is 4.61. The molecule has 1 aromatic carbocycles. The lowest BCUT2D eigenvalue weighted by Gasteiger charge is -2.02. The van der Waals surface area contributed by atoms with Crippen molar-refractivity contribution in [2.45, 2.75) is 19.8 Å². The largest absolute Gasteiger partial charge is 0.0925 e. The summed E-state index contributed by atoms with van der Waals surface area (Å²) >= 11 is 9.31. The van der Waals surface area contributed by atoms with Gasteiger partial charge in [-0.2, -0.15) is 0 Å². The second-order valence-corrected chi connectivity index (χ2v) is 4.56. The van der Waals surface area contributed by atoms with Gasteiger partial charge in [0.05, 0.1) is 0 Å². The van der Waals surface area contributed by atoms with E-state index in [1.54, 1.807) is 0 Å². The number of rotatable bonds is 4. The lowest BCUT2D eigenvalue weighted by molar-refractivity contribution is 1.10. The van der Waals surface area contributed by atoms with E-state index in [9.17, 15) is 0 Å². The predicted molar refractivity (Wildman–Crippen MR) is 67.3 cm³/mol. The van der Waals surface area contributed by atoms with E-state index < -0.39 is 0 Å². The Morgan fingerprint density at radius 2 is 2.29 bits per heavy atom. The molecule has 0 aliphatic carbocycles. The Bertz CT molecular complexity index is 318. The smallest absolute Gasteiger partial charge is 0.0408 e. The second-order valence-electron chi connectivity index (χ2n) is 3.33. The van der Waals surface area contributed by atoms with Crippen LogP contribution in [0.25, 0.3) is 0 Å². The van der Waals surface area contributed by atoms with Gasteiger partial charge in [-0.25, -0.2) is 0 Å². The number of hydrogen-bond donors (Lipinski definition) is 0. The van der Waals surface area contributed by atoms with Crippen LogP contribution in [0.1, 0.15) is 18.9 Å². The van der Waals surface area contributed by atoms with Crippen molar-refractivity contribution in [3.63, 3.8) is 0 Å². The van der Waals surface area contributed by atoms with Crippen LogP contribution in [0.5, 0.6) is 0 Å². The second kappa shape index (κ2) is 6.26. The van der Waals surface area contributed by atoms with Gasteiger partial charge in [0.2, 0.25) is 0 Å². The van der Waals surface area contributed by atoms with Crippen molar-refractivity contribution in [2.24, 2.45) is 0 Å². The van der Waals surface area contributed by atoms with Crippen molar-refractivity contribution in [1.82, 2.24) is 0 Å². The monoisotopic (exact) mass is 272 g/mol. The molecule has 0 N–H and O–H groups in total. The fraction of sp³-hybridized carbons (Fsp3) is 0.333. The maximum absolute atomic E-state index is 5.91. The van der Waals surface area contributed by atoms with Crippen LogP contribution < -0.4 is 0 Å². The van der Waals surface area contributed by atoms with Crippen molar-refractivity contribution in [1.29, 1.82) is 0 Å². The lowest BCUT2D eigenvalue weighted by atomic mass is 10.1. The first-order valence-corrected chi connectivity index (χ1v) is 6.18. The molecule has 0 aliphatic rings. The van der Waals surface area contributed by atoms with Crippen LogP contribution in [0.3, 0.4) is 0 Å². The average Bonchev–Trinajstić information content (AvgIpc) is 2.15. The molecule has 0 bridgehead atoms. The van der Waals surface area contributed by atoms with Crippen LogP contribution in [0.15, 0.2) is 35.9 Å². The van der Waals surface area contributed by atoms with E-state index in [0.29, 0.717) is 0 Å². The normalized spacial score (nSPS) is 11.8. The maximum atomic E-state index is 5.91. The van der Waals surface area contributed by atoms with E-state index in [4.69, 9.17) is 11.6 Å². The van der Waals surface area contributed by atoms with Crippen molar-refractivity contribution in [3.05, 3.63) is 46.5 Å². The first-order chi connectivity index (χ1) is 6.72. The molecule has 0 atom stereocenters. The van der Waals surface area contributed by atoms with Crippen molar-refractivity contribution in [2.75, 3.05) is 5.33 Å². The van der Waals surface area contributed by atoms with Crippen molar-refractivity contribution < 1.29 is 0 Å². The summed E-state index contributed by atoms with van der Waals surface area (Å²) in [5.41, 5.74) is 2.67. The molecule has 0 fully saturated rings. The minimum absolute atomic E-state index is 0.816. The minimum atomic E-state index is 0.816. The Balaban J connectivity index is 2.60. The summed E-state index contributed by atoms with van der Waals surface area (Å²) in [4.78, 5) is 0. The summed E-state index contributed by atoms with van der Waals surface area (Å²) in [5.74, 6) is 0. The quantitative estimate of drug-likeness (QED) is 0.555. The summed E-state index contributed by atoms with van der Waals surface area (Å²) < 4.78 is 0. The highest BCUT2D eigenvalue weighted by Gasteiger charge is 1.95. The summed E-state index contributed by atoms with van der Waals surface area (Å²) in [5, 5.41) is 1.84. The summed E-state index contributed by atoms with van der Waals surface area (Å²) in [6, 6.07) is 8.03. The molecule has 2 heteroatoms. The molecule has 0 heterocycles. The van der Waals surface area contributed by atoms with Crippen LogP contribution in [-0.2, 0) is 6.42 Å². The summed E-state index contributed by atoms with van der Waals surface area (Å²) in [6.07, 6.45) is 4.34. The van der Waals surface area contributed by atoms with Gasteiger partial charge >= 0.3 is 0 Å². The molecule has 1 aromatic rings. The standard InChI is InChI=1S/C12H14BrCl/c1-10(4-3-7-13)8-11-5-2-6-12(14)9-11/h2,4-6,9H,3,7-8H2,1H3. The van der Waals surface area contributed by atoms with Crippen LogP contribution in [0.2, 0.25) is 5.02 Å². The van der Waals surface area contributed by atoms with Gasteiger partial charge in [0.1, 0.15) is 0 Å². The minimum Gasteiger partial charge on any atom is -0.0925 e. The van der Waals surface area contributed by atoms with E-state index in [-0.39, 0.29) is 0 Å². The zero-order valence-corrected chi connectivity index (χ0v) is 10.6. The molecule has 0 amide bonds. The molecule has 0 aromatic heterocycles. The third-order valence-electron chi connectivity index (χ3n) is 1.97. The van der Waals surface area contributed by atoms with E-state index in [2.05, 4.69) is 35.0 Å². The van der Waals surface area contributed by atoms with Crippen LogP contribution in [0, 0.1) is 0 Å². The molecule has 14 heavy (non-hydrogen) atoms. The summed E-state index contributed by atoms with van der Waals surface area (Å²) in [7, 11) is 0. The van der Waals surface area contributed by atoms with Gasteiger partial charge in [-0.1, -0.05) is 51.3 Å². The van der Waals surface area contributed by atoms with E-state index in [1.807, 2.05) is 18.2 Å². The highest BCUT2D eigenvalue weighted by molar-refractivity contribution is 9.09. The van der Waals surface area contributed by atoms with E-state index in [0.717, 1.165) is 23.2 Å². The van der Waals surface area contributed by atoms with Crippen molar-refractivity contribution in [3.8, 4) is 0 Å². The number of allylic oxidation sites excluding steroid dienone is 2. The topological polar surface area (TPSA) is 0 Å². The number of benzene rings is 1. The zero-order valence-electron chi connectivity index (χ0n) is 8.26. The Kier molecular flexibility index (Phi) is 5.28.